The van der Waals surface area contributed by atoms with Gasteiger partial charge >= 0.3 is 0 Å². The number of carbonyl (C=O) groups is 3. The average Bonchev–Trinajstić information content (AvgIpc) is 2.94. The minimum absolute atomic E-state index is 0.0895. The fourth-order valence-corrected chi connectivity index (χ4v) is 2.82. The van der Waals surface area contributed by atoms with Crippen LogP contribution in [-0.2, 0) is 20.9 Å². The summed E-state index contributed by atoms with van der Waals surface area (Å²) >= 11 is 0. The fraction of sp³-hybridized carbons (Fsp3) is 0.471. The molecule has 3 atom stereocenters. The molecule has 1 fully saturated rings. The molecule has 130 valence electrons. The molecule has 0 bridgehead atoms. The van der Waals surface area contributed by atoms with Crippen LogP contribution < -0.4 is 10.6 Å². The van der Waals surface area contributed by atoms with Gasteiger partial charge < -0.3 is 20.6 Å². The van der Waals surface area contributed by atoms with Crippen molar-refractivity contribution in [2.24, 2.45) is 0 Å². The summed E-state index contributed by atoms with van der Waals surface area (Å²) < 4.78 is 0. The first-order valence-corrected chi connectivity index (χ1v) is 7.95. The van der Waals surface area contributed by atoms with E-state index in [1.54, 1.807) is 6.92 Å². The highest BCUT2D eigenvalue weighted by Crippen LogP contribution is 2.19. The quantitative estimate of drug-likeness (QED) is 0.694. The summed E-state index contributed by atoms with van der Waals surface area (Å²) in [7, 11) is 0. The van der Waals surface area contributed by atoms with E-state index in [1.807, 2.05) is 30.3 Å². The molecule has 1 aliphatic rings. The largest absolute Gasteiger partial charge is 0.391 e. The Morgan fingerprint density at radius 1 is 1.29 bits per heavy atom. The lowest BCUT2D eigenvalue weighted by atomic mass is 10.1. The fourth-order valence-electron chi connectivity index (χ4n) is 2.82. The SMILES string of the molecule is CC(=O)NC(C)C(=O)N1C[C@H](O)C[C@H]1C(=O)NCc1ccccc1. The van der Waals surface area contributed by atoms with E-state index in [4.69, 9.17) is 0 Å². The number of nitrogens with zero attached hydrogens (tertiary/aromatic N) is 1. The molecule has 1 aliphatic heterocycles. The van der Waals surface area contributed by atoms with Crippen LogP contribution in [0.5, 0.6) is 0 Å². The number of likely N-dealkylation sites (tertiary alicyclic amines) is 1. The van der Waals surface area contributed by atoms with E-state index in [0.717, 1.165) is 5.56 Å². The molecule has 0 saturated carbocycles. The summed E-state index contributed by atoms with van der Waals surface area (Å²) in [6, 6.07) is 7.97. The highest BCUT2D eigenvalue weighted by atomic mass is 16.3. The third-order valence-corrected chi connectivity index (χ3v) is 3.96. The first-order chi connectivity index (χ1) is 11.4. The van der Waals surface area contributed by atoms with Crippen molar-refractivity contribution in [2.75, 3.05) is 6.54 Å². The van der Waals surface area contributed by atoms with E-state index in [-0.39, 0.29) is 30.7 Å². The van der Waals surface area contributed by atoms with Gasteiger partial charge in [-0.15, -0.1) is 0 Å². The van der Waals surface area contributed by atoms with Crippen LogP contribution in [0.2, 0.25) is 0 Å². The van der Waals surface area contributed by atoms with Crippen molar-refractivity contribution in [3.63, 3.8) is 0 Å². The number of nitrogens with one attached hydrogen (secondary N) is 2. The van der Waals surface area contributed by atoms with Crippen LogP contribution in [0.25, 0.3) is 0 Å². The Labute approximate surface area is 141 Å². The van der Waals surface area contributed by atoms with Gasteiger partial charge in [0.1, 0.15) is 12.1 Å². The Bertz CT molecular complexity index is 605. The number of carbonyl (C=O) groups excluding carboxylic acids is 3. The van der Waals surface area contributed by atoms with Gasteiger partial charge in [-0.2, -0.15) is 0 Å². The Hall–Kier alpha value is -2.41. The summed E-state index contributed by atoms with van der Waals surface area (Å²) in [5, 5.41) is 15.2. The van der Waals surface area contributed by atoms with Gasteiger partial charge in [0.05, 0.1) is 6.10 Å². The maximum atomic E-state index is 12.4. The summed E-state index contributed by atoms with van der Waals surface area (Å²) in [5.74, 6) is -0.999. The van der Waals surface area contributed by atoms with Gasteiger partial charge in [-0.25, -0.2) is 0 Å². The molecule has 0 spiro atoms. The van der Waals surface area contributed by atoms with Crippen LogP contribution >= 0.6 is 0 Å². The van der Waals surface area contributed by atoms with Crippen molar-refractivity contribution in [1.29, 1.82) is 0 Å². The van der Waals surface area contributed by atoms with Gasteiger partial charge in [0, 0.05) is 26.4 Å². The van der Waals surface area contributed by atoms with Gasteiger partial charge in [-0.3, -0.25) is 14.4 Å². The Kier molecular flexibility index (Phi) is 5.92. The number of rotatable bonds is 5. The maximum Gasteiger partial charge on any atom is 0.245 e. The number of β-amino-alcohol motifs (C(OH)–C–C–N with tert-alkyl or cyclic N) is 1. The smallest absolute Gasteiger partial charge is 0.245 e. The lowest BCUT2D eigenvalue weighted by Gasteiger charge is -2.26. The second-order valence-electron chi connectivity index (χ2n) is 6.02. The van der Waals surface area contributed by atoms with E-state index in [2.05, 4.69) is 10.6 Å². The molecule has 1 saturated heterocycles. The van der Waals surface area contributed by atoms with Gasteiger partial charge in [0.15, 0.2) is 0 Å². The average molecular weight is 333 g/mol. The minimum atomic E-state index is -0.744. The monoisotopic (exact) mass is 333 g/mol. The topological polar surface area (TPSA) is 98.7 Å². The number of aliphatic hydroxyl groups excluding tert-OH is 1. The summed E-state index contributed by atoms with van der Waals surface area (Å²) in [6.45, 7) is 3.34. The maximum absolute atomic E-state index is 12.4. The molecule has 7 heteroatoms. The van der Waals surface area contributed by atoms with Gasteiger partial charge in [-0.1, -0.05) is 30.3 Å². The standard InChI is InChI=1S/C17H23N3O4/c1-11(19-12(2)21)17(24)20-10-14(22)8-15(20)16(23)18-9-13-6-4-3-5-7-13/h3-7,11,14-15,22H,8-10H2,1-2H3,(H,18,23)(H,19,21)/t11?,14-,15+/m1/s1. The van der Waals surface area contributed by atoms with Crippen molar-refractivity contribution < 1.29 is 19.5 Å². The van der Waals surface area contributed by atoms with Crippen LogP contribution in [0.15, 0.2) is 30.3 Å². The summed E-state index contributed by atoms with van der Waals surface area (Å²) in [4.78, 5) is 37.3. The molecule has 1 aromatic carbocycles. The number of hydrogen-bond acceptors (Lipinski definition) is 4. The zero-order valence-electron chi connectivity index (χ0n) is 13.9. The van der Waals surface area contributed by atoms with Gasteiger partial charge in [0.25, 0.3) is 0 Å². The predicted molar refractivity (Wildman–Crippen MR) is 87.7 cm³/mol. The van der Waals surface area contributed by atoms with Crippen LogP contribution in [-0.4, -0.2) is 52.5 Å². The van der Waals surface area contributed by atoms with Crippen molar-refractivity contribution in [3.05, 3.63) is 35.9 Å². The van der Waals surface area contributed by atoms with E-state index in [9.17, 15) is 19.5 Å². The minimum Gasteiger partial charge on any atom is -0.391 e. The zero-order chi connectivity index (χ0) is 17.7. The third kappa shape index (κ3) is 4.55. The molecule has 0 aliphatic carbocycles. The highest BCUT2D eigenvalue weighted by molar-refractivity contribution is 5.92. The second kappa shape index (κ2) is 7.92. The Morgan fingerprint density at radius 3 is 2.58 bits per heavy atom. The lowest BCUT2D eigenvalue weighted by Crippen LogP contribution is -2.52. The number of amides is 3. The summed E-state index contributed by atoms with van der Waals surface area (Å²) in [6.07, 6.45) is -0.551. The molecular formula is C17H23N3O4. The Morgan fingerprint density at radius 2 is 1.96 bits per heavy atom. The molecule has 1 aromatic rings. The van der Waals surface area contributed by atoms with Gasteiger partial charge in [-0.05, 0) is 12.5 Å². The number of hydrogen-bond donors (Lipinski definition) is 3. The Balaban J connectivity index is 1.99. The van der Waals surface area contributed by atoms with Crippen LogP contribution in [0.3, 0.4) is 0 Å². The van der Waals surface area contributed by atoms with E-state index < -0.39 is 18.2 Å². The first kappa shape index (κ1) is 17.9. The molecule has 0 aromatic heterocycles. The normalized spacial score (nSPS) is 21.2. The molecule has 3 amide bonds. The highest BCUT2D eigenvalue weighted by Gasteiger charge is 2.40. The third-order valence-electron chi connectivity index (χ3n) is 3.96. The predicted octanol–water partition coefficient (Wildman–Crippen LogP) is -0.211. The van der Waals surface area contributed by atoms with Crippen molar-refractivity contribution in [3.8, 4) is 0 Å². The van der Waals surface area contributed by atoms with E-state index in [1.165, 1.54) is 11.8 Å². The van der Waals surface area contributed by atoms with Crippen molar-refractivity contribution in [1.82, 2.24) is 15.5 Å². The van der Waals surface area contributed by atoms with E-state index >= 15 is 0 Å². The molecule has 2 rings (SSSR count). The van der Waals surface area contributed by atoms with Crippen LogP contribution in [0.4, 0.5) is 0 Å². The van der Waals surface area contributed by atoms with Crippen LogP contribution in [0, 0.1) is 0 Å². The summed E-state index contributed by atoms with van der Waals surface area (Å²) in [5.41, 5.74) is 0.953. The second-order valence-corrected chi connectivity index (χ2v) is 6.02. The molecular weight excluding hydrogens is 310 g/mol. The molecule has 3 N–H and O–H groups in total. The van der Waals surface area contributed by atoms with E-state index in [0.29, 0.717) is 6.54 Å². The van der Waals surface area contributed by atoms with Crippen LogP contribution in [0.1, 0.15) is 25.8 Å². The molecule has 1 heterocycles. The first-order valence-electron chi connectivity index (χ1n) is 7.95. The number of benzene rings is 1. The number of aliphatic hydroxyl groups is 1. The lowest BCUT2D eigenvalue weighted by molar-refractivity contribution is -0.141. The molecule has 1 unspecified atom stereocenters. The van der Waals surface area contributed by atoms with Gasteiger partial charge in [0.2, 0.25) is 17.7 Å². The molecule has 0 radical (unpaired) electrons. The molecule has 7 nitrogen and oxygen atoms in total. The van der Waals surface area contributed by atoms with Crippen molar-refractivity contribution >= 4 is 17.7 Å². The molecule has 24 heavy (non-hydrogen) atoms. The van der Waals surface area contributed by atoms with Crippen molar-refractivity contribution in [2.45, 2.75) is 45.0 Å². The zero-order valence-corrected chi connectivity index (χ0v) is 13.9.